The number of nitrogens with zero attached hydrogens (tertiary/aromatic N) is 7. The van der Waals surface area contributed by atoms with Crippen LogP contribution in [0.3, 0.4) is 0 Å². The highest BCUT2D eigenvalue weighted by molar-refractivity contribution is 5.94. The molecule has 0 saturated carbocycles. The maximum atomic E-state index is 13.3. The Morgan fingerprint density at radius 2 is 1.88 bits per heavy atom. The monoisotopic (exact) mass is 583 g/mol. The number of halogens is 6. The summed E-state index contributed by atoms with van der Waals surface area (Å²) >= 11 is 0. The van der Waals surface area contributed by atoms with Gasteiger partial charge in [-0.1, -0.05) is 0 Å². The van der Waals surface area contributed by atoms with Gasteiger partial charge in [-0.15, -0.1) is 0 Å². The topological polar surface area (TPSA) is 136 Å². The Bertz CT molecular complexity index is 1480. The number of aromatic nitrogens is 5. The fourth-order valence-electron chi connectivity index (χ4n) is 4.48. The van der Waals surface area contributed by atoms with E-state index in [0.29, 0.717) is 12.4 Å². The third-order valence-corrected chi connectivity index (χ3v) is 6.34. The van der Waals surface area contributed by atoms with Gasteiger partial charge in [-0.25, -0.2) is 15.1 Å². The molecular weight excluding hydrogens is 560 g/mol. The van der Waals surface area contributed by atoms with Crippen LogP contribution < -0.4 is 15.8 Å². The number of carbonyl (C=O) groups is 1. The van der Waals surface area contributed by atoms with Crippen molar-refractivity contribution in [3.05, 3.63) is 64.1 Å². The lowest BCUT2D eigenvalue weighted by atomic mass is 10.1. The number of anilines is 2. The van der Waals surface area contributed by atoms with Gasteiger partial charge >= 0.3 is 12.4 Å². The summed E-state index contributed by atoms with van der Waals surface area (Å²) in [5.74, 6) is -0.347. The van der Waals surface area contributed by atoms with E-state index < -0.39 is 52.7 Å². The van der Waals surface area contributed by atoms with Crippen molar-refractivity contribution in [1.29, 1.82) is 5.26 Å². The van der Waals surface area contributed by atoms with E-state index in [2.05, 4.69) is 20.4 Å². The molecule has 1 saturated heterocycles. The molecule has 0 spiro atoms. The van der Waals surface area contributed by atoms with Crippen LogP contribution in [-0.4, -0.2) is 67.3 Å². The number of amides is 1. The van der Waals surface area contributed by atoms with Crippen molar-refractivity contribution in [2.75, 3.05) is 29.9 Å². The Kier molecular flexibility index (Phi) is 8.22. The van der Waals surface area contributed by atoms with Crippen LogP contribution >= 0.6 is 0 Å². The van der Waals surface area contributed by atoms with Crippen molar-refractivity contribution >= 4 is 17.5 Å². The average molecular weight is 583 g/mol. The lowest BCUT2D eigenvalue weighted by Gasteiger charge is -2.40. The van der Waals surface area contributed by atoms with Crippen LogP contribution in [0.15, 0.2) is 41.8 Å². The van der Waals surface area contributed by atoms with Gasteiger partial charge < -0.3 is 19.7 Å². The standard InChI is InChI=1S/C24H23F6N9O2/c1-14(35-18-10-34-36-20(40)19(18)24(28,29)30)11-37-5-3-15(12-37)21(41)39-7-6-38(13-17(39)2-4-31)22-32-8-16(9-33-22)23(25,26)27/h3,5,8-10,12,14,17H,2,6-7,11,13H2,1H3,(H2,35,36,40)/t14?,17-/m0/s1. The molecule has 1 aliphatic heterocycles. The maximum Gasteiger partial charge on any atom is 0.423 e. The van der Waals surface area contributed by atoms with Crippen LogP contribution in [0.4, 0.5) is 38.0 Å². The highest BCUT2D eigenvalue weighted by atomic mass is 19.4. The number of alkyl halides is 6. The molecule has 218 valence electrons. The van der Waals surface area contributed by atoms with Crippen LogP contribution in [0.1, 0.15) is 34.8 Å². The second-order valence-electron chi connectivity index (χ2n) is 9.36. The summed E-state index contributed by atoms with van der Waals surface area (Å²) in [5.41, 5.74) is -3.97. The molecule has 2 atom stereocenters. The number of nitrogens with one attached hydrogen (secondary N) is 2. The lowest BCUT2D eigenvalue weighted by molar-refractivity contribution is -0.139. The zero-order valence-corrected chi connectivity index (χ0v) is 21.4. The molecule has 1 unspecified atom stereocenters. The summed E-state index contributed by atoms with van der Waals surface area (Å²) < 4.78 is 80.0. The van der Waals surface area contributed by atoms with E-state index in [4.69, 9.17) is 0 Å². The minimum absolute atomic E-state index is 0.0453. The molecule has 0 aliphatic carbocycles. The summed E-state index contributed by atoms with van der Waals surface area (Å²) in [6.45, 7) is 2.21. The van der Waals surface area contributed by atoms with Crippen molar-refractivity contribution in [3.63, 3.8) is 0 Å². The molecule has 17 heteroatoms. The Hall–Kier alpha value is -4.62. The number of rotatable bonds is 7. The number of hydrogen-bond donors (Lipinski definition) is 2. The molecule has 4 rings (SSSR count). The van der Waals surface area contributed by atoms with E-state index in [-0.39, 0.29) is 44.1 Å². The molecule has 41 heavy (non-hydrogen) atoms. The zero-order valence-electron chi connectivity index (χ0n) is 21.4. The summed E-state index contributed by atoms with van der Waals surface area (Å²) in [7, 11) is 0. The van der Waals surface area contributed by atoms with E-state index in [0.717, 1.165) is 6.20 Å². The normalized spacial score (nSPS) is 16.8. The van der Waals surface area contributed by atoms with E-state index in [1.807, 2.05) is 6.07 Å². The highest BCUT2D eigenvalue weighted by Gasteiger charge is 2.38. The molecular formula is C24H23F6N9O2. The van der Waals surface area contributed by atoms with Gasteiger partial charge in [0.05, 0.1) is 41.5 Å². The number of hydrogen-bond acceptors (Lipinski definition) is 8. The molecule has 4 heterocycles. The maximum absolute atomic E-state index is 13.3. The van der Waals surface area contributed by atoms with Crippen molar-refractivity contribution < 1.29 is 31.1 Å². The minimum atomic E-state index is -4.89. The van der Waals surface area contributed by atoms with Gasteiger partial charge in [0.25, 0.3) is 11.5 Å². The quantitative estimate of drug-likeness (QED) is 0.405. The van der Waals surface area contributed by atoms with Gasteiger partial charge in [-0.05, 0) is 13.0 Å². The number of piperazine rings is 1. The highest BCUT2D eigenvalue weighted by Crippen LogP contribution is 2.32. The summed E-state index contributed by atoms with van der Waals surface area (Å²) in [6, 6.07) is 2.34. The SMILES string of the molecule is CC(Cn1ccc(C(=O)N2CCN(c3ncc(C(F)(F)F)cn3)C[C@@H]2CC#N)c1)Nc1cn[nH]c(=O)c1C(F)(F)F. The van der Waals surface area contributed by atoms with Crippen LogP contribution in [0.5, 0.6) is 0 Å². The van der Waals surface area contributed by atoms with Gasteiger partial charge in [0.2, 0.25) is 5.95 Å². The van der Waals surface area contributed by atoms with Crippen molar-refractivity contribution in [1.82, 2.24) is 29.6 Å². The predicted molar refractivity (Wildman–Crippen MR) is 132 cm³/mol. The molecule has 0 bridgehead atoms. The third-order valence-electron chi connectivity index (χ3n) is 6.34. The van der Waals surface area contributed by atoms with Crippen molar-refractivity contribution in [2.24, 2.45) is 0 Å². The van der Waals surface area contributed by atoms with Gasteiger partial charge in [0.1, 0.15) is 5.56 Å². The molecule has 0 radical (unpaired) electrons. The van der Waals surface area contributed by atoms with E-state index in [1.54, 1.807) is 27.7 Å². The number of aromatic amines is 1. The van der Waals surface area contributed by atoms with Crippen LogP contribution in [0, 0.1) is 11.3 Å². The fourth-order valence-corrected chi connectivity index (χ4v) is 4.48. The zero-order chi connectivity index (χ0) is 29.9. The molecule has 3 aromatic heterocycles. The molecule has 1 aliphatic rings. The predicted octanol–water partition coefficient (Wildman–Crippen LogP) is 3.14. The third kappa shape index (κ3) is 6.76. The first-order valence-corrected chi connectivity index (χ1v) is 12.2. The number of nitriles is 1. The summed E-state index contributed by atoms with van der Waals surface area (Å²) in [4.78, 5) is 35.7. The first kappa shape index (κ1) is 29.4. The fraction of sp³-hybridized carbons (Fsp3) is 0.417. The van der Waals surface area contributed by atoms with Crippen LogP contribution in [0.2, 0.25) is 0 Å². The van der Waals surface area contributed by atoms with Gasteiger partial charge in [0.15, 0.2) is 0 Å². The molecule has 1 amide bonds. The first-order valence-electron chi connectivity index (χ1n) is 12.2. The second-order valence-corrected chi connectivity index (χ2v) is 9.36. The largest absolute Gasteiger partial charge is 0.423 e. The second kappa shape index (κ2) is 11.5. The summed E-state index contributed by atoms with van der Waals surface area (Å²) in [6.07, 6.45) is -4.22. The molecule has 0 aromatic carbocycles. The number of carbonyl (C=O) groups excluding carboxylic acids is 1. The average Bonchev–Trinajstić information content (AvgIpc) is 3.35. The molecule has 3 aromatic rings. The van der Waals surface area contributed by atoms with E-state index >= 15 is 0 Å². The Labute approximate surface area is 228 Å². The lowest BCUT2D eigenvalue weighted by Crippen LogP contribution is -2.55. The Morgan fingerprint density at radius 1 is 1.17 bits per heavy atom. The molecule has 11 nitrogen and oxygen atoms in total. The van der Waals surface area contributed by atoms with Gasteiger partial charge in [0, 0.05) is 57.0 Å². The Morgan fingerprint density at radius 3 is 2.51 bits per heavy atom. The van der Waals surface area contributed by atoms with Crippen LogP contribution in [-0.2, 0) is 18.9 Å². The minimum Gasteiger partial charge on any atom is -0.379 e. The first-order chi connectivity index (χ1) is 19.3. The Balaban J connectivity index is 1.42. The van der Waals surface area contributed by atoms with Crippen molar-refractivity contribution in [3.8, 4) is 6.07 Å². The van der Waals surface area contributed by atoms with Crippen molar-refractivity contribution in [2.45, 2.75) is 44.3 Å². The molecule has 1 fully saturated rings. The smallest absolute Gasteiger partial charge is 0.379 e. The van der Waals surface area contributed by atoms with E-state index in [9.17, 15) is 41.2 Å². The molecule has 2 N–H and O–H groups in total. The van der Waals surface area contributed by atoms with E-state index in [1.165, 1.54) is 17.2 Å². The van der Waals surface area contributed by atoms with Crippen LogP contribution in [0.25, 0.3) is 0 Å². The number of H-pyrrole nitrogens is 1. The summed E-state index contributed by atoms with van der Waals surface area (Å²) in [5, 5.41) is 17.1. The van der Waals surface area contributed by atoms with Gasteiger partial charge in [-0.2, -0.15) is 36.7 Å². The van der Waals surface area contributed by atoms with Gasteiger partial charge in [-0.3, -0.25) is 9.59 Å².